The molecule has 0 radical (unpaired) electrons. The molecule has 0 aliphatic carbocycles. The Morgan fingerprint density at radius 1 is 1.25 bits per heavy atom. The van der Waals surface area contributed by atoms with Gasteiger partial charge >= 0.3 is 5.76 Å². The number of benzene rings is 2. The fourth-order valence-corrected chi connectivity index (χ4v) is 2.57. The number of aryl methyl sites for hydroxylation is 1. The molecule has 0 aliphatic rings. The van der Waals surface area contributed by atoms with Crippen LogP contribution in [0, 0.1) is 6.92 Å². The summed E-state index contributed by atoms with van der Waals surface area (Å²) < 4.78 is 5.04. The second-order valence-electron chi connectivity index (χ2n) is 4.77. The number of hydrogen-bond donors (Lipinski definition) is 2. The lowest BCUT2D eigenvalue weighted by molar-refractivity contribution is 0.555. The van der Waals surface area contributed by atoms with Gasteiger partial charge in [0.25, 0.3) is 0 Å². The Labute approximate surface area is 120 Å². The Balaban J connectivity index is 2.06. The van der Waals surface area contributed by atoms with Crippen LogP contribution in [0.3, 0.4) is 0 Å². The number of nitrogens with one attached hydrogen (secondary N) is 1. The largest absolute Gasteiger partial charge is 0.417 e. The molecule has 0 aliphatic heterocycles. The van der Waals surface area contributed by atoms with Crippen LogP contribution in [0.1, 0.15) is 22.7 Å². The lowest BCUT2D eigenvalue weighted by atomic mass is 9.98. The van der Waals surface area contributed by atoms with Crippen LogP contribution in [0.2, 0.25) is 5.02 Å². The van der Waals surface area contributed by atoms with E-state index in [0.29, 0.717) is 16.1 Å². The average Bonchev–Trinajstić information content (AvgIpc) is 2.77. The summed E-state index contributed by atoms with van der Waals surface area (Å²) in [6.07, 6.45) is 0. The summed E-state index contributed by atoms with van der Waals surface area (Å²) in [6, 6.07) is 10.8. The zero-order valence-electron chi connectivity index (χ0n) is 10.8. The molecule has 1 aromatic heterocycles. The number of nitrogens with two attached hydrogens (primary N) is 1. The number of aromatic nitrogens is 1. The van der Waals surface area contributed by atoms with Crippen LogP contribution in [0.4, 0.5) is 0 Å². The molecule has 4 nitrogen and oxygen atoms in total. The van der Waals surface area contributed by atoms with Crippen molar-refractivity contribution in [3.8, 4) is 0 Å². The van der Waals surface area contributed by atoms with Crippen molar-refractivity contribution in [3.05, 3.63) is 68.7 Å². The van der Waals surface area contributed by atoms with Crippen molar-refractivity contribution in [2.45, 2.75) is 13.0 Å². The predicted molar refractivity (Wildman–Crippen MR) is 79.1 cm³/mol. The molecule has 1 heterocycles. The zero-order valence-corrected chi connectivity index (χ0v) is 11.6. The molecule has 1 unspecified atom stereocenters. The SMILES string of the molecule is Cc1ccc(C(N)c2ccc3[nH]c(=O)oc3c2)c(Cl)c1. The molecule has 20 heavy (non-hydrogen) atoms. The first-order valence-corrected chi connectivity index (χ1v) is 6.57. The van der Waals surface area contributed by atoms with Gasteiger partial charge in [0.15, 0.2) is 5.58 Å². The van der Waals surface area contributed by atoms with E-state index in [0.717, 1.165) is 16.7 Å². The van der Waals surface area contributed by atoms with Gasteiger partial charge in [0.2, 0.25) is 0 Å². The third kappa shape index (κ3) is 2.24. The third-order valence-electron chi connectivity index (χ3n) is 3.30. The molecular formula is C15H13ClN2O2. The lowest BCUT2D eigenvalue weighted by Gasteiger charge is -2.14. The van der Waals surface area contributed by atoms with E-state index >= 15 is 0 Å². The first kappa shape index (κ1) is 13.0. The van der Waals surface area contributed by atoms with E-state index < -0.39 is 5.76 Å². The van der Waals surface area contributed by atoms with E-state index in [1.54, 1.807) is 12.1 Å². The summed E-state index contributed by atoms with van der Waals surface area (Å²) in [4.78, 5) is 13.8. The minimum atomic E-state index is -0.473. The summed E-state index contributed by atoms with van der Waals surface area (Å²) in [5.41, 5.74) is 10.2. The molecule has 0 saturated carbocycles. The van der Waals surface area contributed by atoms with Gasteiger partial charge in [-0.05, 0) is 41.8 Å². The molecular weight excluding hydrogens is 276 g/mol. The second-order valence-corrected chi connectivity index (χ2v) is 5.18. The quantitative estimate of drug-likeness (QED) is 0.761. The van der Waals surface area contributed by atoms with E-state index in [2.05, 4.69) is 4.98 Å². The van der Waals surface area contributed by atoms with Crippen LogP contribution in [0.5, 0.6) is 0 Å². The second kappa shape index (κ2) is 4.81. The molecule has 0 amide bonds. The number of halogens is 1. The molecule has 2 aromatic carbocycles. The topological polar surface area (TPSA) is 72.0 Å². The van der Waals surface area contributed by atoms with Crippen LogP contribution in [0.15, 0.2) is 45.6 Å². The van der Waals surface area contributed by atoms with Crippen molar-refractivity contribution < 1.29 is 4.42 Å². The molecule has 0 spiro atoms. The highest BCUT2D eigenvalue weighted by Crippen LogP contribution is 2.28. The van der Waals surface area contributed by atoms with E-state index in [1.165, 1.54) is 0 Å². The van der Waals surface area contributed by atoms with Gasteiger partial charge in [0.1, 0.15) is 0 Å². The van der Waals surface area contributed by atoms with Gasteiger partial charge < -0.3 is 10.2 Å². The normalized spacial score (nSPS) is 12.8. The minimum absolute atomic E-state index is 0.368. The minimum Gasteiger partial charge on any atom is -0.408 e. The maximum atomic E-state index is 11.2. The standard InChI is InChI=1S/C15H13ClN2O2/c1-8-2-4-10(11(16)6-8)14(17)9-3-5-12-13(7-9)20-15(19)18-12/h2-7,14H,17H2,1H3,(H,18,19). The smallest absolute Gasteiger partial charge is 0.408 e. The molecule has 5 heteroatoms. The van der Waals surface area contributed by atoms with Gasteiger partial charge in [-0.1, -0.05) is 29.8 Å². The maximum absolute atomic E-state index is 11.2. The van der Waals surface area contributed by atoms with Gasteiger partial charge in [-0.2, -0.15) is 0 Å². The number of hydrogen-bond acceptors (Lipinski definition) is 3. The van der Waals surface area contributed by atoms with Gasteiger partial charge in [-0.15, -0.1) is 0 Å². The molecule has 0 fully saturated rings. The number of H-pyrrole nitrogens is 1. The number of aromatic amines is 1. The Hall–Kier alpha value is -2.04. The van der Waals surface area contributed by atoms with Crippen molar-refractivity contribution in [2.75, 3.05) is 0 Å². The van der Waals surface area contributed by atoms with Crippen molar-refractivity contribution in [1.29, 1.82) is 0 Å². The third-order valence-corrected chi connectivity index (χ3v) is 3.62. The van der Waals surface area contributed by atoms with Crippen LogP contribution < -0.4 is 11.5 Å². The Morgan fingerprint density at radius 2 is 2.05 bits per heavy atom. The summed E-state index contributed by atoms with van der Waals surface area (Å²) in [6.45, 7) is 1.97. The van der Waals surface area contributed by atoms with Gasteiger partial charge in [0, 0.05) is 5.02 Å². The highest BCUT2D eigenvalue weighted by atomic mass is 35.5. The van der Waals surface area contributed by atoms with Crippen LogP contribution in [-0.2, 0) is 0 Å². The fourth-order valence-electron chi connectivity index (χ4n) is 2.22. The highest BCUT2D eigenvalue weighted by molar-refractivity contribution is 6.31. The fraction of sp³-hybridized carbons (Fsp3) is 0.133. The molecule has 1 atom stereocenters. The van der Waals surface area contributed by atoms with Crippen molar-refractivity contribution in [1.82, 2.24) is 4.98 Å². The van der Waals surface area contributed by atoms with Crippen molar-refractivity contribution in [3.63, 3.8) is 0 Å². The van der Waals surface area contributed by atoms with E-state index in [9.17, 15) is 4.79 Å². The molecule has 102 valence electrons. The Kier molecular flexibility index (Phi) is 3.12. The van der Waals surface area contributed by atoms with Gasteiger partial charge in [-0.3, -0.25) is 4.98 Å². The average molecular weight is 289 g/mol. The first-order valence-electron chi connectivity index (χ1n) is 6.19. The van der Waals surface area contributed by atoms with Gasteiger partial charge in [-0.25, -0.2) is 4.79 Å². The lowest BCUT2D eigenvalue weighted by Crippen LogP contribution is -2.12. The molecule has 3 aromatic rings. The van der Waals surface area contributed by atoms with Crippen LogP contribution in [0.25, 0.3) is 11.1 Å². The summed E-state index contributed by atoms with van der Waals surface area (Å²) in [7, 11) is 0. The Bertz CT molecular complexity index is 835. The van der Waals surface area contributed by atoms with Crippen molar-refractivity contribution >= 4 is 22.7 Å². The Morgan fingerprint density at radius 3 is 2.80 bits per heavy atom. The van der Waals surface area contributed by atoms with Gasteiger partial charge in [0.05, 0.1) is 11.6 Å². The first-order chi connectivity index (χ1) is 9.54. The number of fused-ring (bicyclic) bond motifs is 1. The maximum Gasteiger partial charge on any atom is 0.417 e. The van der Waals surface area contributed by atoms with E-state index in [4.69, 9.17) is 21.8 Å². The molecule has 3 N–H and O–H groups in total. The van der Waals surface area contributed by atoms with Crippen LogP contribution >= 0.6 is 11.6 Å². The molecule has 0 bridgehead atoms. The summed E-state index contributed by atoms with van der Waals surface area (Å²) in [5, 5.41) is 0.633. The molecule has 0 saturated heterocycles. The number of rotatable bonds is 2. The monoisotopic (exact) mass is 288 g/mol. The highest BCUT2D eigenvalue weighted by Gasteiger charge is 2.14. The molecule has 3 rings (SSSR count). The zero-order chi connectivity index (χ0) is 14.3. The van der Waals surface area contributed by atoms with Crippen LogP contribution in [-0.4, -0.2) is 4.98 Å². The summed E-state index contributed by atoms with van der Waals surface area (Å²) in [5.74, 6) is -0.473. The van der Waals surface area contributed by atoms with Crippen molar-refractivity contribution in [2.24, 2.45) is 5.73 Å². The summed E-state index contributed by atoms with van der Waals surface area (Å²) >= 11 is 6.24. The van der Waals surface area contributed by atoms with E-state index in [-0.39, 0.29) is 6.04 Å². The van der Waals surface area contributed by atoms with E-state index in [1.807, 2.05) is 31.2 Å². The predicted octanol–water partition coefficient (Wildman–Crippen LogP) is 3.13. The number of oxazole rings is 1.